The molecule has 2 saturated heterocycles. The highest BCUT2D eigenvalue weighted by atomic mass is 16.7. The second kappa shape index (κ2) is 4.44. The molecule has 2 fully saturated rings. The summed E-state index contributed by atoms with van der Waals surface area (Å²) in [4.78, 5) is 0. The molecule has 2 atom stereocenters. The molecule has 1 N–H and O–H groups in total. The van der Waals surface area contributed by atoms with Crippen molar-refractivity contribution >= 4 is 0 Å². The van der Waals surface area contributed by atoms with E-state index in [-0.39, 0.29) is 17.2 Å². The Hall–Kier alpha value is -0.160. The van der Waals surface area contributed by atoms with Gasteiger partial charge in [-0.05, 0) is 33.6 Å². The van der Waals surface area contributed by atoms with Crippen molar-refractivity contribution in [3.05, 3.63) is 0 Å². The standard InChI is InChI=1S/C14H27NO3/c1-6-13(7-2)10-14(17-8-11(3)18-14)9-12(4,5)15(13)16/h11,16H,6-10H2,1-5H3. The molecule has 0 saturated carbocycles. The highest BCUT2D eigenvalue weighted by molar-refractivity contribution is 5.04. The summed E-state index contributed by atoms with van der Waals surface area (Å²) in [5, 5.41) is 12.1. The third-order valence-electron chi connectivity index (χ3n) is 4.64. The largest absolute Gasteiger partial charge is 0.347 e. The minimum atomic E-state index is -0.506. The van der Waals surface area contributed by atoms with Crippen LogP contribution in [0, 0.1) is 0 Å². The molecule has 106 valence electrons. The molecule has 4 nitrogen and oxygen atoms in total. The average Bonchev–Trinajstić information content (AvgIpc) is 2.65. The van der Waals surface area contributed by atoms with Crippen LogP contribution in [0.5, 0.6) is 0 Å². The van der Waals surface area contributed by atoms with E-state index in [1.54, 1.807) is 5.06 Å². The second-order valence-electron chi connectivity index (χ2n) is 6.56. The molecule has 2 unspecified atom stereocenters. The van der Waals surface area contributed by atoms with Crippen molar-refractivity contribution in [3.8, 4) is 0 Å². The molecular formula is C14H27NO3. The third-order valence-corrected chi connectivity index (χ3v) is 4.64. The van der Waals surface area contributed by atoms with Gasteiger partial charge < -0.3 is 14.7 Å². The van der Waals surface area contributed by atoms with Crippen molar-refractivity contribution in [1.29, 1.82) is 0 Å². The number of hydroxylamine groups is 2. The lowest BCUT2D eigenvalue weighted by Gasteiger charge is -2.56. The van der Waals surface area contributed by atoms with Crippen LogP contribution in [0.4, 0.5) is 0 Å². The molecule has 0 amide bonds. The first-order valence-electron chi connectivity index (χ1n) is 7.10. The van der Waals surface area contributed by atoms with Crippen LogP contribution in [0.25, 0.3) is 0 Å². The van der Waals surface area contributed by atoms with E-state index in [1.807, 2.05) is 6.92 Å². The molecular weight excluding hydrogens is 230 g/mol. The lowest BCUT2D eigenvalue weighted by Crippen LogP contribution is -2.66. The number of rotatable bonds is 2. The number of piperidine rings is 1. The maximum absolute atomic E-state index is 10.6. The average molecular weight is 257 g/mol. The first-order valence-corrected chi connectivity index (χ1v) is 7.10. The molecule has 2 rings (SSSR count). The highest BCUT2D eigenvalue weighted by Crippen LogP contribution is 2.49. The van der Waals surface area contributed by atoms with Crippen LogP contribution < -0.4 is 0 Å². The van der Waals surface area contributed by atoms with Crippen molar-refractivity contribution in [2.75, 3.05) is 6.61 Å². The molecule has 2 aliphatic rings. The summed E-state index contributed by atoms with van der Waals surface area (Å²) in [6.07, 6.45) is 3.40. The van der Waals surface area contributed by atoms with E-state index in [1.165, 1.54) is 0 Å². The molecule has 0 aromatic rings. The van der Waals surface area contributed by atoms with E-state index in [2.05, 4.69) is 27.7 Å². The van der Waals surface area contributed by atoms with E-state index in [0.717, 1.165) is 19.3 Å². The van der Waals surface area contributed by atoms with Gasteiger partial charge in [-0.1, -0.05) is 13.8 Å². The summed E-state index contributed by atoms with van der Waals surface area (Å²) < 4.78 is 12.0. The first-order chi connectivity index (χ1) is 8.29. The van der Waals surface area contributed by atoms with Crippen LogP contribution in [-0.4, -0.2) is 39.8 Å². The van der Waals surface area contributed by atoms with E-state index in [0.29, 0.717) is 13.0 Å². The molecule has 0 bridgehead atoms. The van der Waals surface area contributed by atoms with Gasteiger partial charge in [0.15, 0.2) is 5.79 Å². The van der Waals surface area contributed by atoms with Crippen molar-refractivity contribution in [2.24, 2.45) is 0 Å². The molecule has 0 radical (unpaired) electrons. The SMILES string of the molecule is CCC1(CC)CC2(CC(C)(C)N1O)OCC(C)O2. The third kappa shape index (κ3) is 2.09. The predicted octanol–water partition coefficient (Wildman–Crippen LogP) is 2.94. The molecule has 0 aromatic heterocycles. The Balaban J connectivity index is 2.33. The number of ether oxygens (including phenoxy) is 2. The zero-order valence-electron chi connectivity index (χ0n) is 12.3. The predicted molar refractivity (Wildman–Crippen MR) is 69.5 cm³/mol. The van der Waals surface area contributed by atoms with Gasteiger partial charge in [-0.25, -0.2) is 0 Å². The van der Waals surface area contributed by atoms with E-state index in [9.17, 15) is 5.21 Å². The molecule has 1 spiro atoms. The summed E-state index contributed by atoms with van der Waals surface area (Å²) in [6.45, 7) is 11.1. The van der Waals surface area contributed by atoms with Gasteiger partial charge in [0.25, 0.3) is 0 Å². The maximum Gasteiger partial charge on any atom is 0.172 e. The molecule has 2 heterocycles. The normalized spacial score (nSPS) is 39.3. The van der Waals surface area contributed by atoms with Crippen LogP contribution in [-0.2, 0) is 9.47 Å². The Kier molecular flexibility index (Phi) is 3.52. The Morgan fingerprint density at radius 3 is 2.28 bits per heavy atom. The maximum atomic E-state index is 10.6. The summed E-state index contributed by atoms with van der Waals surface area (Å²) in [6, 6.07) is 0. The minimum Gasteiger partial charge on any atom is -0.347 e. The fourth-order valence-electron chi connectivity index (χ4n) is 3.70. The summed E-state index contributed by atoms with van der Waals surface area (Å²) in [5.74, 6) is -0.506. The van der Waals surface area contributed by atoms with Gasteiger partial charge in [0.1, 0.15) is 0 Å². The van der Waals surface area contributed by atoms with Crippen LogP contribution >= 0.6 is 0 Å². The van der Waals surface area contributed by atoms with Crippen LogP contribution in [0.2, 0.25) is 0 Å². The van der Waals surface area contributed by atoms with Crippen molar-refractivity contribution in [3.63, 3.8) is 0 Å². The number of hydrogen-bond acceptors (Lipinski definition) is 4. The molecule has 0 aliphatic carbocycles. The Labute approximate surface area is 110 Å². The molecule has 2 aliphatic heterocycles. The molecule has 0 aromatic carbocycles. The van der Waals surface area contributed by atoms with Crippen LogP contribution in [0.15, 0.2) is 0 Å². The van der Waals surface area contributed by atoms with Crippen molar-refractivity contribution in [1.82, 2.24) is 5.06 Å². The summed E-state index contributed by atoms with van der Waals surface area (Å²) >= 11 is 0. The fourth-order valence-corrected chi connectivity index (χ4v) is 3.70. The Morgan fingerprint density at radius 2 is 1.83 bits per heavy atom. The van der Waals surface area contributed by atoms with Gasteiger partial charge >= 0.3 is 0 Å². The zero-order valence-corrected chi connectivity index (χ0v) is 12.3. The molecule has 4 heteroatoms. The first kappa shape index (κ1) is 14.3. The van der Waals surface area contributed by atoms with E-state index >= 15 is 0 Å². The lowest BCUT2D eigenvalue weighted by atomic mass is 9.73. The smallest absolute Gasteiger partial charge is 0.172 e. The van der Waals surface area contributed by atoms with Gasteiger partial charge in [0.2, 0.25) is 0 Å². The fraction of sp³-hybridized carbons (Fsp3) is 1.00. The molecule has 18 heavy (non-hydrogen) atoms. The summed E-state index contributed by atoms with van der Waals surface area (Å²) in [5.41, 5.74) is -0.569. The topological polar surface area (TPSA) is 41.9 Å². The Bertz CT molecular complexity index is 314. The van der Waals surface area contributed by atoms with Gasteiger partial charge in [-0.2, -0.15) is 5.06 Å². The van der Waals surface area contributed by atoms with E-state index in [4.69, 9.17) is 9.47 Å². The number of hydrogen-bond donors (Lipinski definition) is 1. The zero-order chi connectivity index (χ0) is 13.6. The van der Waals surface area contributed by atoms with Crippen LogP contribution in [0.1, 0.15) is 60.3 Å². The minimum absolute atomic E-state index is 0.150. The van der Waals surface area contributed by atoms with Gasteiger partial charge in [0, 0.05) is 18.4 Å². The highest BCUT2D eigenvalue weighted by Gasteiger charge is 2.58. The monoisotopic (exact) mass is 257 g/mol. The van der Waals surface area contributed by atoms with Gasteiger partial charge in [-0.3, -0.25) is 0 Å². The Morgan fingerprint density at radius 1 is 1.22 bits per heavy atom. The van der Waals surface area contributed by atoms with Crippen LogP contribution in [0.3, 0.4) is 0 Å². The van der Waals surface area contributed by atoms with Gasteiger partial charge in [0.05, 0.1) is 18.2 Å². The quantitative estimate of drug-likeness (QED) is 0.826. The van der Waals surface area contributed by atoms with Crippen molar-refractivity contribution in [2.45, 2.75) is 83.3 Å². The van der Waals surface area contributed by atoms with Gasteiger partial charge in [-0.15, -0.1) is 0 Å². The second-order valence-corrected chi connectivity index (χ2v) is 6.56. The lowest BCUT2D eigenvalue weighted by molar-refractivity contribution is -0.326. The summed E-state index contributed by atoms with van der Waals surface area (Å²) in [7, 11) is 0. The number of nitrogens with zero attached hydrogens (tertiary/aromatic N) is 1. The van der Waals surface area contributed by atoms with Crippen molar-refractivity contribution < 1.29 is 14.7 Å². The van der Waals surface area contributed by atoms with E-state index < -0.39 is 5.79 Å².